The lowest BCUT2D eigenvalue weighted by atomic mass is 10.1. The summed E-state index contributed by atoms with van der Waals surface area (Å²) in [6.07, 6.45) is 1.95. The molecule has 2 aliphatic heterocycles. The monoisotopic (exact) mass is 259 g/mol. The molecule has 5 heteroatoms. The number of hydrogen-bond donors (Lipinski definition) is 2. The topological polar surface area (TPSA) is 61.4 Å². The number of para-hydroxylation sites is 2. The fraction of sp³-hybridized carbons (Fsp3) is 0.429. The number of carbonyl (C=O) groups is 2. The van der Waals surface area contributed by atoms with Gasteiger partial charge in [-0.1, -0.05) is 12.1 Å². The molecule has 1 fully saturated rings. The van der Waals surface area contributed by atoms with Crippen molar-refractivity contribution < 1.29 is 9.59 Å². The number of hydrogen-bond acceptors (Lipinski definition) is 3. The molecule has 5 nitrogen and oxygen atoms in total. The lowest BCUT2D eigenvalue weighted by Gasteiger charge is -2.25. The minimum absolute atomic E-state index is 0.00185. The summed E-state index contributed by atoms with van der Waals surface area (Å²) in [6, 6.07) is 7.45. The van der Waals surface area contributed by atoms with Gasteiger partial charge in [0.25, 0.3) is 0 Å². The molecule has 2 aliphatic rings. The normalized spacial score (nSPS) is 22.2. The second-order valence-electron chi connectivity index (χ2n) is 4.95. The molecule has 0 radical (unpaired) electrons. The SMILES string of the molecule is O=C1CC[C@@H](C(=O)N2CCCNc3ccccc32)N1. The zero-order valence-electron chi connectivity index (χ0n) is 10.7. The van der Waals surface area contributed by atoms with Crippen molar-refractivity contribution in [3.63, 3.8) is 0 Å². The number of nitrogens with zero attached hydrogens (tertiary/aromatic N) is 1. The molecule has 0 aromatic heterocycles. The van der Waals surface area contributed by atoms with Gasteiger partial charge in [-0.25, -0.2) is 0 Å². The second-order valence-corrected chi connectivity index (χ2v) is 4.95. The van der Waals surface area contributed by atoms with Crippen molar-refractivity contribution >= 4 is 23.2 Å². The molecule has 1 atom stereocenters. The Morgan fingerprint density at radius 3 is 2.95 bits per heavy atom. The highest BCUT2D eigenvalue weighted by atomic mass is 16.2. The van der Waals surface area contributed by atoms with E-state index in [4.69, 9.17) is 0 Å². The molecule has 0 aliphatic carbocycles. The van der Waals surface area contributed by atoms with Gasteiger partial charge in [0, 0.05) is 19.5 Å². The minimum atomic E-state index is -0.362. The molecule has 0 bridgehead atoms. The molecule has 0 saturated carbocycles. The lowest BCUT2D eigenvalue weighted by molar-refractivity contribution is -0.124. The largest absolute Gasteiger partial charge is 0.383 e. The average molecular weight is 259 g/mol. The molecule has 1 aromatic rings. The van der Waals surface area contributed by atoms with Crippen LogP contribution in [0.3, 0.4) is 0 Å². The van der Waals surface area contributed by atoms with Crippen LogP contribution in [0.2, 0.25) is 0 Å². The zero-order valence-corrected chi connectivity index (χ0v) is 10.7. The van der Waals surface area contributed by atoms with Crippen LogP contribution in [-0.2, 0) is 9.59 Å². The van der Waals surface area contributed by atoms with Gasteiger partial charge in [0.05, 0.1) is 11.4 Å². The summed E-state index contributed by atoms with van der Waals surface area (Å²) in [5.74, 6) is -0.0263. The summed E-state index contributed by atoms with van der Waals surface area (Å²) in [4.78, 5) is 25.6. The van der Waals surface area contributed by atoms with Crippen LogP contribution < -0.4 is 15.5 Å². The van der Waals surface area contributed by atoms with Crippen LogP contribution >= 0.6 is 0 Å². The van der Waals surface area contributed by atoms with Gasteiger partial charge in [-0.15, -0.1) is 0 Å². The molecule has 1 aromatic carbocycles. The maximum absolute atomic E-state index is 12.5. The lowest BCUT2D eigenvalue weighted by Crippen LogP contribution is -2.45. The maximum Gasteiger partial charge on any atom is 0.249 e. The highest BCUT2D eigenvalue weighted by Gasteiger charge is 2.32. The summed E-state index contributed by atoms with van der Waals surface area (Å²) >= 11 is 0. The van der Waals surface area contributed by atoms with Crippen molar-refractivity contribution in [2.45, 2.75) is 25.3 Å². The molecule has 19 heavy (non-hydrogen) atoms. The number of rotatable bonds is 1. The van der Waals surface area contributed by atoms with E-state index in [0.717, 1.165) is 24.3 Å². The standard InChI is InChI=1S/C14H17N3O2/c18-13-7-6-11(16-13)14(19)17-9-3-8-15-10-4-1-2-5-12(10)17/h1-2,4-5,11,15H,3,6-9H2,(H,16,18)/t11-/m0/s1. The summed E-state index contributed by atoms with van der Waals surface area (Å²) in [7, 11) is 0. The van der Waals surface area contributed by atoms with E-state index in [1.807, 2.05) is 24.3 Å². The maximum atomic E-state index is 12.5. The molecule has 2 N–H and O–H groups in total. The van der Waals surface area contributed by atoms with Crippen LogP contribution in [0.1, 0.15) is 19.3 Å². The van der Waals surface area contributed by atoms with Gasteiger partial charge >= 0.3 is 0 Å². The number of benzene rings is 1. The Labute approximate surface area is 112 Å². The third-order valence-electron chi connectivity index (χ3n) is 3.63. The first-order chi connectivity index (χ1) is 9.25. The quantitative estimate of drug-likeness (QED) is 0.794. The minimum Gasteiger partial charge on any atom is -0.383 e. The Morgan fingerprint density at radius 1 is 1.32 bits per heavy atom. The molecule has 0 unspecified atom stereocenters. The van der Waals surface area contributed by atoms with Gasteiger partial charge in [-0.3, -0.25) is 9.59 Å². The van der Waals surface area contributed by atoms with Crippen LogP contribution in [0.4, 0.5) is 11.4 Å². The Hall–Kier alpha value is -2.04. The van der Waals surface area contributed by atoms with Gasteiger partial charge in [0.2, 0.25) is 11.8 Å². The van der Waals surface area contributed by atoms with Crippen molar-refractivity contribution in [3.8, 4) is 0 Å². The highest BCUT2D eigenvalue weighted by Crippen LogP contribution is 2.29. The summed E-state index contributed by atoms with van der Waals surface area (Å²) < 4.78 is 0. The van der Waals surface area contributed by atoms with Crippen LogP contribution in [0.5, 0.6) is 0 Å². The van der Waals surface area contributed by atoms with Crippen molar-refractivity contribution in [1.82, 2.24) is 5.32 Å². The summed E-state index contributed by atoms with van der Waals surface area (Å²) in [5.41, 5.74) is 1.89. The predicted molar refractivity (Wildman–Crippen MR) is 73.1 cm³/mol. The molecule has 2 amide bonds. The van der Waals surface area contributed by atoms with Crippen LogP contribution in [0.15, 0.2) is 24.3 Å². The van der Waals surface area contributed by atoms with E-state index in [2.05, 4.69) is 10.6 Å². The second kappa shape index (κ2) is 4.91. The first kappa shape index (κ1) is 12.0. The molecular formula is C14H17N3O2. The number of nitrogens with one attached hydrogen (secondary N) is 2. The smallest absolute Gasteiger partial charge is 0.249 e. The molecule has 100 valence electrons. The van der Waals surface area contributed by atoms with E-state index in [9.17, 15) is 9.59 Å². The predicted octanol–water partition coefficient (Wildman–Crippen LogP) is 1.11. The van der Waals surface area contributed by atoms with E-state index in [1.54, 1.807) is 4.90 Å². The van der Waals surface area contributed by atoms with E-state index in [1.165, 1.54) is 0 Å². The third-order valence-corrected chi connectivity index (χ3v) is 3.63. The molecule has 0 spiro atoms. The molecular weight excluding hydrogens is 242 g/mol. The molecule has 1 saturated heterocycles. The average Bonchev–Trinajstić information content (AvgIpc) is 2.74. The fourth-order valence-electron chi connectivity index (χ4n) is 2.66. The van der Waals surface area contributed by atoms with Crippen molar-refractivity contribution in [1.29, 1.82) is 0 Å². The summed E-state index contributed by atoms with van der Waals surface area (Å²) in [6.45, 7) is 1.55. The van der Waals surface area contributed by atoms with Gasteiger partial charge in [0.15, 0.2) is 0 Å². The molecule has 3 rings (SSSR count). The van der Waals surface area contributed by atoms with Crippen LogP contribution in [0, 0.1) is 0 Å². The Morgan fingerprint density at radius 2 is 2.16 bits per heavy atom. The number of amides is 2. The Bertz CT molecular complexity index is 515. The van der Waals surface area contributed by atoms with Gasteiger partial charge in [0.1, 0.15) is 6.04 Å². The highest BCUT2D eigenvalue weighted by molar-refractivity contribution is 6.02. The van der Waals surface area contributed by atoms with E-state index in [0.29, 0.717) is 19.4 Å². The fourth-order valence-corrected chi connectivity index (χ4v) is 2.66. The third kappa shape index (κ3) is 2.28. The van der Waals surface area contributed by atoms with Crippen LogP contribution in [-0.4, -0.2) is 30.9 Å². The first-order valence-corrected chi connectivity index (χ1v) is 6.69. The first-order valence-electron chi connectivity index (χ1n) is 6.69. The van der Waals surface area contributed by atoms with Gasteiger partial charge in [-0.05, 0) is 25.0 Å². The number of fused-ring (bicyclic) bond motifs is 1. The molecule has 2 heterocycles. The van der Waals surface area contributed by atoms with E-state index >= 15 is 0 Å². The van der Waals surface area contributed by atoms with Crippen molar-refractivity contribution in [2.24, 2.45) is 0 Å². The van der Waals surface area contributed by atoms with Crippen LogP contribution in [0.25, 0.3) is 0 Å². The number of anilines is 2. The summed E-state index contributed by atoms with van der Waals surface area (Å²) in [5, 5.41) is 6.08. The van der Waals surface area contributed by atoms with E-state index < -0.39 is 0 Å². The Balaban J connectivity index is 1.87. The Kier molecular flexibility index (Phi) is 3.11. The van der Waals surface area contributed by atoms with Crippen molar-refractivity contribution in [3.05, 3.63) is 24.3 Å². The zero-order chi connectivity index (χ0) is 13.2. The van der Waals surface area contributed by atoms with Gasteiger partial charge in [-0.2, -0.15) is 0 Å². The number of carbonyl (C=O) groups excluding carboxylic acids is 2. The van der Waals surface area contributed by atoms with Gasteiger partial charge < -0.3 is 15.5 Å². The van der Waals surface area contributed by atoms with E-state index in [-0.39, 0.29) is 17.9 Å². The van der Waals surface area contributed by atoms with Crippen molar-refractivity contribution in [2.75, 3.05) is 23.3 Å².